The average molecular weight is 486 g/mol. The molecule has 0 unspecified atom stereocenters. The molecule has 1 aromatic carbocycles. The van der Waals surface area contributed by atoms with Crippen molar-refractivity contribution in [3.8, 4) is 0 Å². The molecule has 4 aromatic rings. The summed E-state index contributed by atoms with van der Waals surface area (Å²) < 4.78 is 7.82. The van der Waals surface area contributed by atoms with E-state index in [0.717, 1.165) is 34.1 Å². The highest BCUT2D eigenvalue weighted by Gasteiger charge is 2.42. The average Bonchev–Trinajstić information content (AvgIpc) is 3.56. The number of nitrogens with zero attached hydrogens (tertiary/aromatic N) is 3. The zero-order valence-electron chi connectivity index (χ0n) is 19.6. The van der Waals surface area contributed by atoms with E-state index in [2.05, 4.69) is 40.1 Å². The van der Waals surface area contributed by atoms with Crippen molar-refractivity contribution in [3.05, 3.63) is 108 Å². The van der Waals surface area contributed by atoms with Crippen molar-refractivity contribution < 1.29 is 9.21 Å². The molecule has 178 valence electrons. The second-order valence-electron chi connectivity index (χ2n) is 8.66. The molecule has 0 spiro atoms. The van der Waals surface area contributed by atoms with Gasteiger partial charge in [0.25, 0.3) is 0 Å². The van der Waals surface area contributed by atoms with E-state index in [9.17, 15) is 4.79 Å². The molecule has 1 saturated heterocycles. The predicted octanol–water partition coefficient (Wildman–Crippen LogP) is 4.75. The fourth-order valence-electron chi connectivity index (χ4n) is 4.72. The molecule has 0 radical (unpaired) electrons. The third-order valence-corrected chi connectivity index (χ3v) is 6.75. The molecule has 0 bridgehead atoms. The van der Waals surface area contributed by atoms with E-state index >= 15 is 0 Å². The highest BCUT2D eigenvalue weighted by Crippen LogP contribution is 2.40. The SMILES string of the molecule is Cc1cc([C@H]2[C@@H](c3ccccn3)NC(=S)N2CC(=O)Nc2ccccc2)c(C)n1Cc1ccco1. The van der Waals surface area contributed by atoms with Gasteiger partial charge in [0, 0.05) is 23.3 Å². The van der Waals surface area contributed by atoms with E-state index < -0.39 is 0 Å². The molecule has 5 rings (SSSR count). The summed E-state index contributed by atoms with van der Waals surface area (Å²) in [6.45, 7) is 4.95. The Morgan fingerprint density at radius 1 is 1.11 bits per heavy atom. The first-order valence-corrected chi connectivity index (χ1v) is 11.9. The van der Waals surface area contributed by atoms with E-state index in [4.69, 9.17) is 16.6 Å². The van der Waals surface area contributed by atoms with Gasteiger partial charge >= 0.3 is 0 Å². The van der Waals surface area contributed by atoms with Crippen molar-refractivity contribution in [2.45, 2.75) is 32.5 Å². The number of furan rings is 1. The second-order valence-corrected chi connectivity index (χ2v) is 9.05. The number of carbonyl (C=O) groups is 1. The number of amides is 1. The maximum atomic E-state index is 13.0. The van der Waals surface area contributed by atoms with Crippen LogP contribution in [-0.4, -0.2) is 32.0 Å². The standard InChI is InChI=1S/C27H27N5O2S/c1-18-15-22(19(2)31(18)16-21-11-8-14-34-21)26-25(23-12-6-7-13-28-23)30-27(35)32(26)17-24(33)29-20-9-4-3-5-10-20/h3-15,25-26H,16-17H2,1-2H3,(H,29,33)(H,30,35)/t25-,26+/m1/s1. The summed E-state index contributed by atoms with van der Waals surface area (Å²) in [4.78, 5) is 19.6. The van der Waals surface area contributed by atoms with E-state index in [-0.39, 0.29) is 24.5 Å². The van der Waals surface area contributed by atoms with Crippen molar-refractivity contribution in [2.75, 3.05) is 11.9 Å². The molecule has 0 aliphatic carbocycles. The molecule has 1 aliphatic rings. The summed E-state index contributed by atoms with van der Waals surface area (Å²) in [5.41, 5.74) is 4.95. The van der Waals surface area contributed by atoms with Crippen molar-refractivity contribution in [2.24, 2.45) is 0 Å². The van der Waals surface area contributed by atoms with Gasteiger partial charge in [0.1, 0.15) is 12.3 Å². The van der Waals surface area contributed by atoms with Gasteiger partial charge in [0.2, 0.25) is 5.91 Å². The number of nitrogens with one attached hydrogen (secondary N) is 2. The number of pyridine rings is 1. The van der Waals surface area contributed by atoms with Crippen molar-refractivity contribution in [3.63, 3.8) is 0 Å². The first-order chi connectivity index (χ1) is 17.0. The number of benzene rings is 1. The number of carbonyl (C=O) groups excluding carboxylic acids is 1. The third kappa shape index (κ3) is 4.70. The minimum absolute atomic E-state index is 0.122. The maximum absolute atomic E-state index is 13.0. The fourth-order valence-corrected chi connectivity index (χ4v) is 5.03. The molecule has 7 nitrogen and oxygen atoms in total. The molecule has 2 N–H and O–H groups in total. The Balaban J connectivity index is 1.49. The molecule has 2 atom stereocenters. The Morgan fingerprint density at radius 2 is 1.91 bits per heavy atom. The zero-order valence-corrected chi connectivity index (χ0v) is 20.5. The van der Waals surface area contributed by atoms with Crippen LogP contribution in [0.15, 0.2) is 83.6 Å². The van der Waals surface area contributed by atoms with E-state index in [1.807, 2.05) is 65.6 Å². The van der Waals surface area contributed by atoms with Crippen LogP contribution in [0.25, 0.3) is 0 Å². The van der Waals surface area contributed by atoms with Crippen LogP contribution in [0.4, 0.5) is 5.69 Å². The number of hydrogen-bond acceptors (Lipinski definition) is 4. The number of aromatic nitrogens is 2. The lowest BCUT2D eigenvalue weighted by Gasteiger charge is -2.27. The molecule has 1 amide bonds. The van der Waals surface area contributed by atoms with Crippen LogP contribution in [0.5, 0.6) is 0 Å². The lowest BCUT2D eigenvalue weighted by molar-refractivity contribution is -0.116. The first-order valence-electron chi connectivity index (χ1n) is 11.5. The first kappa shape index (κ1) is 22.9. The quantitative estimate of drug-likeness (QED) is 0.368. The molecule has 35 heavy (non-hydrogen) atoms. The van der Waals surface area contributed by atoms with Gasteiger partial charge in [-0.15, -0.1) is 0 Å². The molecule has 0 saturated carbocycles. The van der Waals surface area contributed by atoms with Crippen molar-refractivity contribution >= 4 is 28.9 Å². The van der Waals surface area contributed by atoms with Crippen LogP contribution in [-0.2, 0) is 11.3 Å². The molecular formula is C27H27N5O2S. The summed E-state index contributed by atoms with van der Waals surface area (Å²) in [6, 6.07) is 21.0. The lowest BCUT2D eigenvalue weighted by atomic mass is 9.96. The zero-order chi connectivity index (χ0) is 24.4. The number of aryl methyl sites for hydroxylation is 1. The third-order valence-electron chi connectivity index (χ3n) is 6.39. The summed E-state index contributed by atoms with van der Waals surface area (Å²) in [5, 5.41) is 6.93. The Morgan fingerprint density at radius 3 is 2.63 bits per heavy atom. The highest BCUT2D eigenvalue weighted by molar-refractivity contribution is 7.80. The summed E-state index contributed by atoms with van der Waals surface area (Å²) in [5.74, 6) is 0.759. The topological polar surface area (TPSA) is 75.3 Å². The van der Waals surface area contributed by atoms with Gasteiger partial charge in [-0.3, -0.25) is 9.78 Å². The van der Waals surface area contributed by atoms with Crippen molar-refractivity contribution in [1.82, 2.24) is 19.8 Å². The highest BCUT2D eigenvalue weighted by atomic mass is 32.1. The Kier molecular flexibility index (Phi) is 6.37. The maximum Gasteiger partial charge on any atom is 0.244 e. The number of rotatable bonds is 7. The molecular weight excluding hydrogens is 458 g/mol. The molecule has 8 heteroatoms. The minimum Gasteiger partial charge on any atom is -0.467 e. The summed E-state index contributed by atoms with van der Waals surface area (Å²) in [6.07, 6.45) is 3.47. The van der Waals surface area contributed by atoms with Crippen LogP contribution < -0.4 is 10.6 Å². The summed E-state index contributed by atoms with van der Waals surface area (Å²) in [7, 11) is 0. The number of hydrogen-bond donors (Lipinski definition) is 2. The van der Waals surface area contributed by atoms with Gasteiger partial charge < -0.3 is 24.5 Å². The number of thiocarbonyl (C=S) groups is 1. The van der Waals surface area contributed by atoms with Gasteiger partial charge in [0.05, 0.1) is 30.6 Å². The lowest BCUT2D eigenvalue weighted by Crippen LogP contribution is -2.37. The predicted molar refractivity (Wildman–Crippen MR) is 139 cm³/mol. The molecule has 4 heterocycles. The van der Waals surface area contributed by atoms with Crippen LogP contribution in [0.3, 0.4) is 0 Å². The second kappa shape index (κ2) is 9.76. The van der Waals surface area contributed by atoms with Gasteiger partial charge in [0.15, 0.2) is 5.11 Å². The molecule has 3 aromatic heterocycles. The largest absolute Gasteiger partial charge is 0.467 e. The van der Waals surface area contributed by atoms with E-state index in [0.29, 0.717) is 11.7 Å². The fraction of sp³-hybridized carbons (Fsp3) is 0.222. The minimum atomic E-state index is -0.199. The monoisotopic (exact) mass is 485 g/mol. The van der Waals surface area contributed by atoms with Crippen LogP contribution in [0.1, 0.15) is 40.5 Å². The Labute approximate surface area is 209 Å². The van der Waals surface area contributed by atoms with Gasteiger partial charge in [-0.05, 0) is 74.1 Å². The van der Waals surface area contributed by atoms with Gasteiger partial charge in [-0.25, -0.2) is 0 Å². The molecule has 1 aliphatic heterocycles. The van der Waals surface area contributed by atoms with E-state index in [1.165, 1.54) is 0 Å². The van der Waals surface area contributed by atoms with Crippen LogP contribution >= 0.6 is 12.2 Å². The Hall–Kier alpha value is -3.91. The van der Waals surface area contributed by atoms with Crippen molar-refractivity contribution in [1.29, 1.82) is 0 Å². The van der Waals surface area contributed by atoms with Gasteiger partial charge in [-0.2, -0.15) is 0 Å². The van der Waals surface area contributed by atoms with Crippen LogP contribution in [0, 0.1) is 13.8 Å². The van der Waals surface area contributed by atoms with Crippen LogP contribution in [0.2, 0.25) is 0 Å². The van der Waals surface area contributed by atoms with Gasteiger partial charge in [-0.1, -0.05) is 24.3 Å². The normalized spacial score (nSPS) is 17.4. The van der Waals surface area contributed by atoms with E-state index in [1.54, 1.807) is 12.5 Å². The smallest absolute Gasteiger partial charge is 0.244 e. The number of anilines is 1. The number of para-hydroxylation sites is 1. The summed E-state index contributed by atoms with van der Waals surface area (Å²) >= 11 is 5.74. The Bertz CT molecular complexity index is 1320. The molecule has 1 fully saturated rings.